The van der Waals surface area contributed by atoms with Crippen LogP contribution >= 0.6 is 0 Å². The lowest BCUT2D eigenvalue weighted by Gasteiger charge is -2.20. The van der Waals surface area contributed by atoms with E-state index < -0.39 is 0 Å². The number of ether oxygens (including phenoxy) is 2. The molecule has 1 unspecified atom stereocenters. The Morgan fingerprint density at radius 2 is 1.68 bits per heavy atom. The molecule has 3 heteroatoms. The summed E-state index contributed by atoms with van der Waals surface area (Å²) >= 11 is 0. The second-order valence-corrected chi connectivity index (χ2v) is 5.44. The van der Waals surface area contributed by atoms with Gasteiger partial charge in [-0.3, -0.25) is 0 Å². The van der Waals surface area contributed by atoms with Crippen molar-refractivity contribution in [3.63, 3.8) is 0 Å². The number of aldehydes is 1. The molecule has 2 rings (SSSR count). The molecule has 0 saturated carbocycles. The molecule has 0 amide bonds. The summed E-state index contributed by atoms with van der Waals surface area (Å²) in [6.07, 6.45) is 2.43. The van der Waals surface area contributed by atoms with Gasteiger partial charge >= 0.3 is 0 Å². The zero-order valence-corrected chi connectivity index (χ0v) is 11.9. The van der Waals surface area contributed by atoms with E-state index in [1.807, 2.05) is 0 Å². The largest absolute Gasteiger partial charge is 0.490 e. The van der Waals surface area contributed by atoms with E-state index in [9.17, 15) is 4.79 Å². The topological polar surface area (TPSA) is 35.5 Å². The molecule has 1 atom stereocenters. The van der Waals surface area contributed by atoms with E-state index >= 15 is 0 Å². The molecule has 104 valence electrons. The number of hydrogen-bond donors (Lipinski definition) is 0. The highest BCUT2D eigenvalue weighted by Gasteiger charge is 2.19. The highest BCUT2D eigenvalue weighted by molar-refractivity contribution is 5.55. The van der Waals surface area contributed by atoms with Gasteiger partial charge < -0.3 is 14.3 Å². The summed E-state index contributed by atoms with van der Waals surface area (Å²) in [5.41, 5.74) is 2.45. The number of benzene rings is 1. The van der Waals surface area contributed by atoms with Gasteiger partial charge in [0.2, 0.25) is 0 Å². The Hall–Kier alpha value is -1.51. The van der Waals surface area contributed by atoms with Crippen LogP contribution in [0.5, 0.6) is 11.5 Å². The van der Waals surface area contributed by atoms with Gasteiger partial charge in [-0.15, -0.1) is 0 Å². The third-order valence-corrected chi connectivity index (χ3v) is 3.56. The van der Waals surface area contributed by atoms with Gasteiger partial charge in [0, 0.05) is 12.8 Å². The molecule has 1 aliphatic rings. The molecule has 0 bridgehead atoms. The first kappa shape index (κ1) is 13.9. The summed E-state index contributed by atoms with van der Waals surface area (Å²) in [5.74, 6) is 2.27. The van der Waals surface area contributed by atoms with Crippen LogP contribution in [0.25, 0.3) is 0 Å². The highest BCUT2D eigenvalue weighted by atomic mass is 16.5. The molecule has 0 aliphatic carbocycles. The van der Waals surface area contributed by atoms with Crippen LogP contribution in [0.15, 0.2) is 12.1 Å². The third-order valence-electron chi connectivity index (χ3n) is 3.56. The quantitative estimate of drug-likeness (QED) is 0.777. The van der Waals surface area contributed by atoms with E-state index in [0.717, 1.165) is 24.2 Å². The molecule has 3 nitrogen and oxygen atoms in total. The molecule has 0 N–H and O–H groups in total. The van der Waals surface area contributed by atoms with Gasteiger partial charge in [-0.05, 0) is 35.1 Å². The zero-order valence-electron chi connectivity index (χ0n) is 11.9. The van der Waals surface area contributed by atoms with Crippen molar-refractivity contribution in [3.8, 4) is 11.5 Å². The van der Waals surface area contributed by atoms with Crippen LogP contribution in [0.1, 0.15) is 56.6 Å². The summed E-state index contributed by atoms with van der Waals surface area (Å²) in [4.78, 5) is 10.8. The van der Waals surface area contributed by atoms with Crippen molar-refractivity contribution in [2.75, 3.05) is 13.2 Å². The van der Waals surface area contributed by atoms with Crippen LogP contribution in [0.2, 0.25) is 0 Å². The lowest BCUT2D eigenvalue weighted by molar-refractivity contribution is -0.108. The first-order valence-electron chi connectivity index (χ1n) is 7.00. The van der Waals surface area contributed by atoms with Crippen LogP contribution in [0.3, 0.4) is 0 Å². The third kappa shape index (κ3) is 3.09. The van der Waals surface area contributed by atoms with Crippen molar-refractivity contribution in [2.24, 2.45) is 0 Å². The Morgan fingerprint density at radius 1 is 1.11 bits per heavy atom. The highest BCUT2D eigenvalue weighted by Crippen LogP contribution is 2.38. The Balaban J connectivity index is 2.45. The first-order valence-corrected chi connectivity index (χ1v) is 7.00. The van der Waals surface area contributed by atoms with Gasteiger partial charge in [0.25, 0.3) is 0 Å². The molecule has 1 aromatic rings. The maximum absolute atomic E-state index is 10.8. The normalized spacial score (nSPS) is 16.0. The minimum Gasteiger partial charge on any atom is -0.490 e. The first-order chi connectivity index (χ1) is 9.13. The fourth-order valence-electron chi connectivity index (χ4n) is 2.44. The molecule has 1 aromatic carbocycles. The van der Waals surface area contributed by atoms with E-state index in [1.54, 1.807) is 0 Å². The lowest BCUT2D eigenvalue weighted by Crippen LogP contribution is -2.04. The number of fused-ring (bicyclic) bond motifs is 1. The molecule has 19 heavy (non-hydrogen) atoms. The maximum atomic E-state index is 10.8. The second-order valence-electron chi connectivity index (χ2n) is 5.44. The van der Waals surface area contributed by atoms with Crippen molar-refractivity contribution >= 4 is 6.29 Å². The van der Waals surface area contributed by atoms with Crippen LogP contribution in [0.4, 0.5) is 0 Å². The number of carbonyl (C=O) groups is 1. The Bertz CT molecular complexity index is 452. The minimum atomic E-state index is 0.215. The van der Waals surface area contributed by atoms with Gasteiger partial charge in [0.05, 0.1) is 13.2 Å². The average Bonchev–Trinajstić information content (AvgIpc) is 2.61. The summed E-state index contributed by atoms with van der Waals surface area (Å²) in [5, 5.41) is 0. The van der Waals surface area contributed by atoms with Crippen molar-refractivity contribution in [1.29, 1.82) is 0 Å². The fraction of sp³-hybridized carbons (Fsp3) is 0.562. The second kappa shape index (κ2) is 6.09. The summed E-state index contributed by atoms with van der Waals surface area (Å²) in [6, 6.07) is 4.14. The molecule has 0 aromatic heterocycles. The SMILES string of the molecule is CC(C)c1cc2c(cc1C(C)CC=O)OCCCO2. The molecular weight excluding hydrogens is 240 g/mol. The minimum absolute atomic E-state index is 0.215. The zero-order chi connectivity index (χ0) is 13.8. The van der Waals surface area contributed by atoms with Gasteiger partial charge in [-0.25, -0.2) is 0 Å². The van der Waals surface area contributed by atoms with E-state index in [4.69, 9.17) is 9.47 Å². The van der Waals surface area contributed by atoms with Gasteiger partial charge in [0.1, 0.15) is 6.29 Å². The predicted octanol–water partition coefficient (Wildman–Crippen LogP) is 3.66. The van der Waals surface area contributed by atoms with Crippen LogP contribution < -0.4 is 9.47 Å². The molecule has 0 radical (unpaired) electrons. The molecule has 1 aliphatic heterocycles. The maximum Gasteiger partial charge on any atom is 0.161 e. The molecule has 1 heterocycles. The fourth-order valence-corrected chi connectivity index (χ4v) is 2.44. The number of hydrogen-bond acceptors (Lipinski definition) is 3. The van der Waals surface area contributed by atoms with Crippen LogP contribution in [0, 0.1) is 0 Å². The molecule has 0 fully saturated rings. The van der Waals surface area contributed by atoms with Gasteiger partial charge in [0.15, 0.2) is 11.5 Å². The van der Waals surface area contributed by atoms with E-state index in [0.29, 0.717) is 25.6 Å². The van der Waals surface area contributed by atoms with E-state index in [1.165, 1.54) is 11.1 Å². The van der Waals surface area contributed by atoms with Gasteiger partial charge in [-0.2, -0.15) is 0 Å². The standard InChI is InChI=1S/C16H22O3/c1-11(2)13-9-15-16(19-8-4-7-18-15)10-14(13)12(3)5-6-17/h6,9-12H,4-5,7-8H2,1-3H3. The summed E-state index contributed by atoms with van der Waals surface area (Å²) in [7, 11) is 0. The summed E-state index contributed by atoms with van der Waals surface area (Å²) < 4.78 is 11.5. The predicted molar refractivity (Wildman–Crippen MR) is 75.2 cm³/mol. The van der Waals surface area contributed by atoms with Crippen molar-refractivity contribution < 1.29 is 14.3 Å². The van der Waals surface area contributed by atoms with E-state index in [2.05, 4.69) is 32.9 Å². The molecular formula is C16H22O3. The Morgan fingerprint density at radius 3 is 2.21 bits per heavy atom. The number of carbonyl (C=O) groups excluding carboxylic acids is 1. The van der Waals surface area contributed by atoms with Crippen molar-refractivity contribution in [2.45, 2.75) is 45.4 Å². The van der Waals surface area contributed by atoms with Crippen LogP contribution in [-0.4, -0.2) is 19.5 Å². The van der Waals surface area contributed by atoms with Crippen molar-refractivity contribution in [1.82, 2.24) is 0 Å². The summed E-state index contributed by atoms with van der Waals surface area (Å²) in [6.45, 7) is 7.80. The van der Waals surface area contributed by atoms with Gasteiger partial charge in [-0.1, -0.05) is 20.8 Å². The van der Waals surface area contributed by atoms with Crippen molar-refractivity contribution in [3.05, 3.63) is 23.3 Å². The number of rotatable bonds is 4. The Labute approximate surface area is 114 Å². The smallest absolute Gasteiger partial charge is 0.161 e. The monoisotopic (exact) mass is 262 g/mol. The molecule has 0 spiro atoms. The van der Waals surface area contributed by atoms with E-state index in [-0.39, 0.29) is 5.92 Å². The molecule has 0 saturated heterocycles. The van der Waals surface area contributed by atoms with Crippen LogP contribution in [-0.2, 0) is 4.79 Å². The Kier molecular flexibility index (Phi) is 4.46. The average molecular weight is 262 g/mol. The lowest BCUT2D eigenvalue weighted by atomic mass is 9.88.